The average molecular weight is 906 g/mol. The Hall–Kier alpha value is -1.80. The number of carbonyl (C=O) groups is 1. The van der Waals surface area contributed by atoms with Gasteiger partial charge in [0.15, 0.2) is 0 Å². The summed E-state index contributed by atoms with van der Waals surface area (Å²) in [4.78, 5) is 25.2. The summed E-state index contributed by atoms with van der Waals surface area (Å²) in [6, 6.07) is 0. The molecule has 9 heteroatoms. The molecule has 63 heavy (non-hydrogen) atoms. The van der Waals surface area contributed by atoms with E-state index in [2.05, 4.69) is 74.6 Å². The van der Waals surface area contributed by atoms with Crippen LogP contribution >= 0.6 is 7.82 Å². The van der Waals surface area contributed by atoms with E-state index in [4.69, 9.17) is 18.5 Å². The summed E-state index contributed by atoms with van der Waals surface area (Å²) < 4.78 is 34.7. The first-order valence-electron chi connectivity index (χ1n) is 26.0. The molecule has 0 amide bonds. The Morgan fingerprint density at radius 1 is 0.508 bits per heavy atom. The largest absolute Gasteiger partial charge is 0.756 e. The molecule has 2 unspecified atom stereocenters. The molecule has 0 saturated heterocycles. The quantitative estimate of drug-likeness (QED) is 0.0197. The smallest absolute Gasteiger partial charge is 0.306 e. The van der Waals surface area contributed by atoms with Crippen LogP contribution in [0.15, 0.2) is 60.8 Å². The zero-order chi connectivity index (χ0) is 46.2. The van der Waals surface area contributed by atoms with E-state index in [0.717, 1.165) is 70.6 Å². The molecule has 368 valence electrons. The molecule has 0 aromatic heterocycles. The Morgan fingerprint density at radius 2 is 0.921 bits per heavy atom. The molecule has 0 radical (unpaired) electrons. The van der Waals surface area contributed by atoms with E-state index in [9.17, 15) is 14.3 Å². The molecule has 0 rings (SSSR count). The molecule has 0 N–H and O–H groups in total. The van der Waals surface area contributed by atoms with Crippen molar-refractivity contribution in [3.63, 3.8) is 0 Å². The van der Waals surface area contributed by atoms with E-state index in [-0.39, 0.29) is 25.8 Å². The average Bonchev–Trinajstić information content (AvgIpc) is 3.24. The van der Waals surface area contributed by atoms with Gasteiger partial charge in [-0.3, -0.25) is 9.36 Å². The number of unbranched alkanes of at least 4 members (excludes halogenated alkanes) is 24. The van der Waals surface area contributed by atoms with Crippen molar-refractivity contribution in [2.45, 2.75) is 225 Å². The van der Waals surface area contributed by atoms with Crippen molar-refractivity contribution >= 4 is 13.8 Å². The summed E-state index contributed by atoms with van der Waals surface area (Å²) >= 11 is 0. The zero-order valence-corrected chi connectivity index (χ0v) is 42.7. The van der Waals surface area contributed by atoms with E-state index in [1.807, 2.05) is 21.1 Å². The number of carbonyl (C=O) groups excluding carboxylic acids is 1. The number of ether oxygens (including phenoxy) is 2. The Balaban J connectivity index is 4.17. The number of esters is 1. The van der Waals surface area contributed by atoms with Gasteiger partial charge in [-0.25, -0.2) is 0 Å². The highest BCUT2D eigenvalue weighted by atomic mass is 31.2. The zero-order valence-electron chi connectivity index (χ0n) is 41.8. The molecule has 0 fully saturated rings. The minimum Gasteiger partial charge on any atom is -0.756 e. The number of phosphoric ester groups is 1. The lowest BCUT2D eigenvalue weighted by Crippen LogP contribution is -2.37. The lowest BCUT2D eigenvalue weighted by atomic mass is 10.0. The van der Waals surface area contributed by atoms with Crippen molar-refractivity contribution < 1.29 is 37.3 Å². The van der Waals surface area contributed by atoms with E-state index in [1.165, 1.54) is 128 Å². The third-order valence-electron chi connectivity index (χ3n) is 11.1. The fraction of sp³-hybridized carbons (Fsp3) is 0.796. The second kappa shape index (κ2) is 46.7. The van der Waals surface area contributed by atoms with Crippen LogP contribution in [0.4, 0.5) is 0 Å². The summed E-state index contributed by atoms with van der Waals surface area (Å²) in [5.74, 6) is -0.347. The summed E-state index contributed by atoms with van der Waals surface area (Å²) in [5, 5.41) is 0. The number of phosphoric acid groups is 1. The van der Waals surface area contributed by atoms with Crippen LogP contribution in [0.5, 0.6) is 0 Å². The molecular weight excluding hydrogens is 806 g/mol. The van der Waals surface area contributed by atoms with Crippen molar-refractivity contribution in [3.05, 3.63) is 60.8 Å². The van der Waals surface area contributed by atoms with Crippen molar-refractivity contribution in [3.8, 4) is 0 Å². The molecule has 0 saturated carbocycles. The highest BCUT2D eigenvalue weighted by molar-refractivity contribution is 7.45. The van der Waals surface area contributed by atoms with Gasteiger partial charge in [0.25, 0.3) is 7.82 Å². The van der Waals surface area contributed by atoms with Crippen molar-refractivity contribution in [2.24, 2.45) is 0 Å². The number of hydrogen-bond acceptors (Lipinski definition) is 7. The van der Waals surface area contributed by atoms with Crippen LogP contribution in [0.2, 0.25) is 0 Å². The number of allylic oxidation sites excluding steroid dienone is 10. The molecule has 0 spiro atoms. The second-order valence-corrected chi connectivity index (χ2v) is 19.9. The minimum atomic E-state index is -4.54. The van der Waals surface area contributed by atoms with Crippen molar-refractivity contribution in [1.82, 2.24) is 0 Å². The van der Waals surface area contributed by atoms with E-state index in [1.54, 1.807) is 0 Å². The standard InChI is InChI=1S/C54H100NO7P/c1-6-8-10-12-14-16-18-20-22-24-26-27-28-29-30-31-33-35-37-39-41-43-45-47-54(56)62-53(52-61-63(57,58)60-50-48-55(3,4)5)51-59-49-46-44-42-40-38-36-34-32-25-23-21-19-17-15-13-11-9-7-2/h9,11,15,17,21,23,32,34,38,40,53H,6-8,10,12-14,16,18-20,22,24-31,33,35-37,39,41-52H2,1-5H3/b11-9-,17-15-,23-21-,34-32-,40-38-. The molecule has 0 aromatic carbocycles. The summed E-state index contributed by atoms with van der Waals surface area (Å²) in [7, 11) is 1.33. The highest BCUT2D eigenvalue weighted by Crippen LogP contribution is 2.38. The monoisotopic (exact) mass is 906 g/mol. The van der Waals surface area contributed by atoms with Crippen LogP contribution in [0.1, 0.15) is 219 Å². The molecule has 0 heterocycles. The van der Waals surface area contributed by atoms with Crippen LogP contribution in [-0.4, -0.2) is 70.7 Å². The predicted octanol–water partition coefficient (Wildman–Crippen LogP) is 15.4. The van der Waals surface area contributed by atoms with E-state index < -0.39 is 13.9 Å². The van der Waals surface area contributed by atoms with Crippen LogP contribution in [0.25, 0.3) is 0 Å². The van der Waals surface area contributed by atoms with Crippen LogP contribution in [0.3, 0.4) is 0 Å². The summed E-state index contributed by atoms with van der Waals surface area (Å²) in [6.07, 6.45) is 59.8. The second-order valence-electron chi connectivity index (χ2n) is 18.5. The maximum Gasteiger partial charge on any atom is 0.306 e. The van der Waals surface area contributed by atoms with Gasteiger partial charge in [0, 0.05) is 13.0 Å². The first-order valence-corrected chi connectivity index (χ1v) is 27.5. The molecule has 0 bridgehead atoms. The lowest BCUT2D eigenvalue weighted by Gasteiger charge is -2.28. The van der Waals surface area contributed by atoms with Crippen molar-refractivity contribution in [1.29, 1.82) is 0 Å². The van der Waals surface area contributed by atoms with Gasteiger partial charge < -0.3 is 27.9 Å². The number of hydrogen-bond donors (Lipinski definition) is 0. The van der Waals surface area contributed by atoms with E-state index >= 15 is 0 Å². The van der Waals surface area contributed by atoms with Gasteiger partial charge in [-0.05, 0) is 57.8 Å². The first-order chi connectivity index (χ1) is 30.6. The van der Waals surface area contributed by atoms with E-state index in [0.29, 0.717) is 24.1 Å². The molecule has 0 aromatic rings. The number of likely N-dealkylation sites (N-methyl/N-ethyl adjacent to an activating group) is 1. The Bertz CT molecular complexity index is 1190. The molecule has 0 aliphatic rings. The number of quaternary nitrogens is 1. The third-order valence-corrected chi connectivity index (χ3v) is 12.0. The lowest BCUT2D eigenvalue weighted by molar-refractivity contribution is -0.870. The molecule has 2 atom stereocenters. The Labute approximate surface area is 390 Å². The summed E-state index contributed by atoms with van der Waals surface area (Å²) in [6.45, 7) is 5.21. The fourth-order valence-corrected chi connectivity index (χ4v) is 7.83. The van der Waals surface area contributed by atoms with Gasteiger partial charge in [0.05, 0.1) is 34.4 Å². The molecule has 8 nitrogen and oxygen atoms in total. The maximum absolute atomic E-state index is 12.8. The van der Waals surface area contributed by atoms with Crippen molar-refractivity contribution in [2.75, 3.05) is 54.1 Å². The van der Waals surface area contributed by atoms with Gasteiger partial charge in [-0.2, -0.15) is 0 Å². The fourth-order valence-electron chi connectivity index (χ4n) is 7.10. The molecule has 0 aliphatic heterocycles. The van der Waals surface area contributed by atoms with Crippen LogP contribution in [-0.2, 0) is 27.9 Å². The number of rotatable bonds is 48. The first kappa shape index (κ1) is 61.2. The van der Waals surface area contributed by atoms with Gasteiger partial charge in [-0.15, -0.1) is 0 Å². The van der Waals surface area contributed by atoms with Gasteiger partial charge >= 0.3 is 5.97 Å². The molecule has 0 aliphatic carbocycles. The normalized spacial score (nSPS) is 14.1. The minimum absolute atomic E-state index is 0.0165. The number of nitrogens with zero attached hydrogens (tertiary/aromatic N) is 1. The molecular formula is C54H100NO7P. The van der Waals surface area contributed by atoms with Gasteiger partial charge in [-0.1, -0.05) is 216 Å². The summed E-state index contributed by atoms with van der Waals surface area (Å²) in [5.41, 5.74) is 0. The maximum atomic E-state index is 12.8. The topological polar surface area (TPSA) is 94.1 Å². The van der Waals surface area contributed by atoms with Gasteiger partial charge in [0.2, 0.25) is 0 Å². The van der Waals surface area contributed by atoms with Gasteiger partial charge in [0.1, 0.15) is 19.3 Å². The Kier molecular flexibility index (Phi) is 45.4. The van der Waals surface area contributed by atoms with Crippen LogP contribution in [0, 0.1) is 0 Å². The predicted molar refractivity (Wildman–Crippen MR) is 268 cm³/mol. The highest BCUT2D eigenvalue weighted by Gasteiger charge is 2.20. The van der Waals surface area contributed by atoms with Crippen LogP contribution < -0.4 is 4.89 Å². The Morgan fingerprint density at radius 3 is 1.35 bits per heavy atom. The third kappa shape index (κ3) is 51.1. The SMILES string of the molecule is CC/C=C\C/C=C\C/C=C\C/C=C\C/C=C\CCCCOCC(COP(=O)([O-])OCC[N+](C)(C)C)OC(=O)CCCCCCCCCCCCCCCCCCCCCCCCC.